The van der Waals surface area contributed by atoms with Crippen molar-refractivity contribution in [3.63, 3.8) is 0 Å². The second kappa shape index (κ2) is 7.73. The van der Waals surface area contributed by atoms with E-state index in [1.807, 2.05) is 6.07 Å². The van der Waals surface area contributed by atoms with Crippen molar-refractivity contribution >= 4 is 21.8 Å². The van der Waals surface area contributed by atoms with Gasteiger partial charge >= 0.3 is 0 Å². The van der Waals surface area contributed by atoms with E-state index >= 15 is 0 Å². The van der Waals surface area contributed by atoms with E-state index in [1.165, 1.54) is 0 Å². The van der Waals surface area contributed by atoms with Gasteiger partial charge in [0.15, 0.2) is 12.0 Å². The average molecular weight is 397 g/mol. The fourth-order valence-corrected chi connectivity index (χ4v) is 2.73. The molecule has 0 atom stereocenters. The number of carbonyl (C=O) groups is 1. The second-order valence-corrected chi connectivity index (χ2v) is 6.10. The molecular weight excluding hydrogens is 380 g/mol. The topological polar surface area (TPSA) is 112 Å². The van der Waals surface area contributed by atoms with E-state index in [4.69, 9.17) is 19.9 Å². The lowest BCUT2D eigenvalue weighted by molar-refractivity contribution is -0.183. The van der Waals surface area contributed by atoms with Gasteiger partial charge in [0.2, 0.25) is 0 Å². The van der Waals surface area contributed by atoms with Crippen molar-refractivity contribution in [2.75, 3.05) is 19.8 Å². The van der Waals surface area contributed by atoms with Crippen LogP contribution in [0.25, 0.3) is 11.3 Å². The fourth-order valence-electron chi connectivity index (χ4n) is 2.37. The van der Waals surface area contributed by atoms with E-state index in [1.54, 1.807) is 12.1 Å². The number of carbonyl (C=O) groups excluding carboxylic acids is 1. The lowest BCUT2D eigenvalue weighted by Gasteiger charge is -2.23. The molecule has 0 radical (unpaired) electrons. The number of primary amides is 1. The van der Waals surface area contributed by atoms with Gasteiger partial charge in [-0.3, -0.25) is 4.79 Å². The fraction of sp³-hybridized carbons (Fsp3) is 0.400. The number of nitrogens with two attached hydrogens (primary N) is 1. The summed E-state index contributed by atoms with van der Waals surface area (Å²) in [7, 11) is 0. The van der Waals surface area contributed by atoms with Gasteiger partial charge in [-0.15, -0.1) is 0 Å². The lowest BCUT2D eigenvalue weighted by atomic mass is 10.1. The number of hydrogen-bond acceptors (Lipinski definition) is 6. The highest BCUT2D eigenvalue weighted by atomic mass is 79.9. The smallest absolute Gasteiger partial charge is 0.271 e. The van der Waals surface area contributed by atoms with Crippen molar-refractivity contribution in [2.24, 2.45) is 5.73 Å². The van der Waals surface area contributed by atoms with Crippen LogP contribution in [-0.2, 0) is 9.47 Å². The quantitative estimate of drug-likeness (QED) is 0.770. The Balaban J connectivity index is 1.75. The summed E-state index contributed by atoms with van der Waals surface area (Å²) in [5.74, 6) is -0.0842. The van der Waals surface area contributed by atoms with Crippen molar-refractivity contribution in [3.05, 3.63) is 28.4 Å². The molecule has 128 valence electrons. The zero-order valence-electron chi connectivity index (χ0n) is 12.8. The number of aromatic nitrogens is 3. The molecule has 3 rings (SSSR count). The zero-order valence-corrected chi connectivity index (χ0v) is 14.4. The summed E-state index contributed by atoms with van der Waals surface area (Å²) in [6.07, 6.45) is 1.28. The molecule has 0 saturated carbocycles. The largest absolute Gasteiger partial charge is 0.493 e. The Bertz CT molecular complexity index is 715. The van der Waals surface area contributed by atoms with Gasteiger partial charge in [-0.25, -0.2) is 0 Å². The third-order valence-corrected chi connectivity index (χ3v) is 3.98. The molecule has 3 N–H and O–H groups in total. The van der Waals surface area contributed by atoms with Gasteiger partial charge in [0.25, 0.3) is 5.91 Å². The van der Waals surface area contributed by atoms with Crippen molar-refractivity contribution in [3.8, 4) is 17.0 Å². The maximum Gasteiger partial charge on any atom is 0.271 e. The number of benzene rings is 1. The standard InChI is InChI=1S/C15H17BrN4O4/c16-9-2-3-11(22-7-4-12-23-5-1-6-24-12)10(8-9)13-14(15(17)21)19-20-18-13/h2-3,8,12H,1,4-7H2,(H2,17,21)(H,18,19,20). The molecule has 0 bridgehead atoms. The summed E-state index contributed by atoms with van der Waals surface area (Å²) in [6.45, 7) is 1.81. The summed E-state index contributed by atoms with van der Waals surface area (Å²) in [5.41, 5.74) is 6.38. The minimum absolute atomic E-state index is 0.0666. The first-order chi connectivity index (χ1) is 11.6. The maximum atomic E-state index is 11.5. The number of hydrogen-bond donors (Lipinski definition) is 2. The average Bonchev–Trinajstić information content (AvgIpc) is 3.07. The monoisotopic (exact) mass is 396 g/mol. The van der Waals surface area contributed by atoms with Gasteiger partial charge in [-0.2, -0.15) is 15.4 Å². The summed E-state index contributed by atoms with van der Waals surface area (Å²) >= 11 is 3.40. The number of halogens is 1. The molecule has 1 saturated heterocycles. The first kappa shape index (κ1) is 16.9. The van der Waals surface area contributed by atoms with Crippen LogP contribution in [0.5, 0.6) is 5.75 Å². The van der Waals surface area contributed by atoms with Crippen molar-refractivity contribution in [1.82, 2.24) is 15.4 Å². The third kappa shape index (κ3) is 3.92. The molecule has 8 nitrogen and oxygen atoms in total. The predicted molar refractivity (Wildman–Crippen MR) is 88.5 cm³/mol. The van der Waals surface area contributed by atoms with E-state index in [-0.39, 0.29) is 12.0 Å². The number of ether oxygens (including phenoxy) is 3. The second-order valence-electron chi connectivity index (χ2n) is 5.19. The normalized spacial score (nSPS) is 15.4. The SMILES string of the molecule is NC(=O)c1n[nH]nc1-c1cc(Br)ccc1OCCC1OCCCO1. The van der Waals surface area contributed by atoms with E-state index in [0.29, 0.717) is 43.2 Å². The molecule has 1 aliphatic rings. The van der Waals surface area contributed by atoms with Crippen molar-refractivity contribution in [2.45, 2.75) is 19.1 Å². The summed E-state index contributed by atoms with van der Waals surface area (Å²) in [5, 5.41) is 10.2. The van der Waals surface area contributed by atoms with Gasteiger partial charge < -0.3 is 19.9 Å². The number of aromatic amines is 1. The van der Waals surface area contributed by atoms with Gasteiger partial charge in [-0.05, 0) is 24.6 Å². The van der Waals surface area contributed by atoms with Crippen LogP contribution in [0.15, 0.2) is 22.7 Å². The van der Waals surface area contributed by atoms with Crippen LogP contribution in [0.1, 0.15) is 23.3 Å². The molecule has 2 aromatic rings. The Labute approximate surface area is 146 Å². The molecule has 1 aromatic carbocycles. The van der Waals surface area contributed by atoms with Crippen molar-refractivity contribution < 1.29 is 19.0 Å². The maximum absolute atomic E-state index is 11.5. The number of H-pyrrole nitrogens is 1. The van der Waals surface area contributed by atoms with Crippen LogP contribution >= 0.6 is 15.9 Å². The van der Waals surface area contributed by atoms with Crippen LogP contribution in [-0.4, -0.2) is 47.4 Å². The van der Waals surface area contributed by atoms with Gasteiger partial charge in [0.05, 0.1) is 19.8 Å². The first-order valence-corrected chi connectivity index (χ1v) is 8.31. The van der Waals surface area contributed by atoms with E-state index < -0.39 is 5.91 Å². The molecule has 0 aliphatic carbocycles. The third-order valence-electron chi connectivity index (χ3n) is 3.49. The van der Waals surface area contributed by atoms with Crippen molar-refractivity contribution in [1.29, 1.82) is 0 Å². The minimum atomic E-state index is -0.659. The molecule has 24 heavy (non-hydrogen) atoms. The van der Waals surface area contributed by atoms with Crippen LogP contribution in [0.4, 0.5) is 0 Å². The highest BCUT2D eigenvalue weighted by Crippen LogP contribution is 2.33. The molecular formula is C15H17BrN4O4. The minimum Gasteiger partial charge on any atom is -0.493 e. The molecule has 1 aromatic heterocycles. The first-order valence-electron chi connectivity index (χ1n) is 7.51. The molecule has 2 heterocycles. The molecule has 1 fully saturated rings. The number of nitrogens with one attached hydrogen (secondary N) is 1. The molecule has 1 amide bonds. The lowest BCUT2D eigenvalue weighted by Crippen LogP contribution is -2.26. The Kier molecular flexibility index (Phi) is 5.44. The highest BCUT2D eigenvalue weighted by molar-refractivity contribution is 9.10. The number of nitrogens with zero attached hydrogens (tertiary/aromatic N) is 2. The van der Waals surface area contributed by atoms with E-state index in [2.05, 4.69) is 31.3 Å². The van der Waals surface area contributed by atoms with Gasteiger partial charge in [0, 0.05) is 16.5 Å². The Morgan fingerprint density at radius 2 is 2.17 bits per heavy atom. The van der Waals surface area contributed by atoms with Crippen LogP contribution in [0.2, 0.25) is 0 Å². The molecule has 0 spiro atoms. The Hall–Kier alpha value is -1.97. The summed E-state index contributed by atoms with van der Waals surface area (Å²) < 4.78 is 17.6. The highest BCUT2D eigenvalue weighted by Gasteiger charge is 2.20. The number of amides is 1. The molecule has 9 heteroatoms. The molecule has 0 unspecified atom stereocenters. The summed E-state index contributed by atoms with van der Waals surface area (Å²) in [4.78, 5) is 11.5. The number of rotatable bonds is 6. The van der Waals surface area contributed by atoms with E-state index in [0.717, 1.165) is 10.9 Å². The van der Waals surface area contributed by atoms with Crippen LogP contribution in [0.3, 0.4) is 0 Å². The van der Waals surface area contributed by atoms with E-state index in [9.17, 15) is 4.79 Å². The predicted octanol–water partition coefficient (Wildman–Crippen LogP) is 1.86. The van der Waals surface area contributed by atoms with Gasteiger partial charge in [-0.1, -0.05) is 15.9 Å². The van der Waals surface area contributed by atoms with Gasteiger partial charge in [0.1, 0.15) is 11.4 Å². The summed E-state index contributed by atoms with van der Waals surface area (Å²) in [6, 6.07) is 5.44. The molecule has 1 aliphatic heterocycles. The van der Waals surface area contributed by atoms with Crippen LogP contribution in [0, 0.1) is 0 Å². The Morgan fingerprint density at radius 1 is 1.38 bits per heavy atom. The Morgan fingerprint density at radius 3 is 2.92 bits per heavy atom. The van der Waals surface area contributed by atoms with Crippen LogP contribution < -0.4 is 10.5 Å². The zero-order chi connectivity index (χ0) is 16.9.